The van der Waals surface area contributed by atoms with Crippen LogP contribution in [0.25, 0.3) is 11.0 Å². The van der Waals surface area contributed by atoms with Gasteiger partial charge in [-0.05, 0) is 25.5 Å². The topological polar surface area (TPSA) is 62.6 Å². The predicted octanol–water partition coefficient (Wildman–Crippen LogP) is 2.23. The van der Waals surface area contributed by atoms with Gasteiger partial charge in [0.15, 0.2) is 0 Å². The van der Waals surface area contributed by atoms with Gasteiger partial charge in [-0.3, -0.25) is 9.59 Å². The first-order chi connectivity index (χ1) is 10.1. The fraction of sp³-hybridized carbons (Fsp3) is 0.375. The highest BCUT2D eigenvalue weighted by Crippen LogP contribution is 2.23. The van der Waals surface area contributed by atoms with Gasteiger partial charge in [0, 0.05) is 18.4 Å². The SMILES string of the molecule is C[C@@H](NC(=O)CN1CCCC1=O)c1cc2ccccc2o1. The van der Waals surface area contributed by atoms with Crippen LogP contribution in [0.1, 0.15) is 31.6 Å². The van der Waals surface area contributed by atoms with Crippen molar-refractivity contribution in [2.75, 3.05) is 13.1 Å². The monoisotopic (exact) mass is 286 g/mol. The largest absolute Gasteiger partial charge is 0.459 e. The lowest BCUT2D eigenvalue weighted by Gasteiger charge is -2.17. The van der Waals surface area contributed by atoms with Crippen LogP contribution < -0.4 is 5.32 Å². The van der Waals surface area contributed by atoms with Crippen LogP contribution >= 0.6 is 0 Å². The summed E-state index contributed by atoms with van der Waals surface area (Å²) < 4.78 is 5.73. The molecule has 1 N–H and O–H groups in total. The van der Waals surface area contributed by atoms with Crippen molar-refractivity contribution in [3.05, 3.63) is 36.1 Å². The maximum atomic E-state index is 12.0. The quantitative estimate of drug-likeness (QED) is 0.937. The number of nitrogens with one attached hydrogen (secondary N) is 1. The van der Waals surface area contributed by atoms with Crippen LogP contribution in [-0.2, 0) is 9.59 Å². The fourth-order valence-electron chi connectivity index (χ4n) is 2.62. The number of furan rings is 1. The number of amides is 2. The van der Waals surface area contributed by atoms with Crippen LogP contribution in [0.3, 0.4) is 0 Å². The number of benzene rings is 1. The van der Waals surface area contributed by atoms with E-state index in [-0.39, 0.29) is 24.4 Å². The molecule has 1 saturated heterocycles. The Morgan fingerprint density at radius 1 is 1.43 bits per heavy atom. The van der Waals surface area contributed by atoms with Gasteiger partial charge < -0.3 is 14.6 Å². The second kappa shape index (κ2) is 5.60. The molecule has 110 valence electrons. The average molecular weight is 286 g/mol. The Balaban J connectivity index is 1.63. The molecule has 0 saturated carbocycles. The molecule has 1 fully saturated rings. The summed E-state index contributed by atoms with van der Waals surface area (Å²) in [4.78, 5) is 25.1. The van der Waals surface area contributed by atoms with E-state index < -0.39 is 0 Å². The molecule has 2 heterocycles. The molecule has 21 heavy (non-hydrogen) atoms. The Morgan fingerprint density at radius 3 is 2.95 bits per heavy atom. The first kappa shape index (κ1) is 13.7. The lowest BCUT2D eigenvalue weighted by molar-refractivity contribution is -0.133. The Morgan fingerprint density at radius 2 is 2.24 bits per heavy atom. The number of nitrogens with zero attached hydrogens (tertiary/aromatic N) is 1. The number of carbonyl (C=O) groups is 2. The second-order valence-electron chi connectivity index (χ2n) is 5.39. The molecule has 2 aromatic rings. The molecule has 1 aliphatic rings. The summed E-state index contributed by atoms with van der Waals surface area (Å²) in [5.41, 5.74) is 0.809. The first-order valence-electron chi connectivity index (χ1n) is 7.19. The van der Waals surface area contributed by atoms with Crippen molar-refractivity contribution in [1.29, 1.82) is 0 Å². The zero-order valence-electron chi connectivity index (χ0n) is 12.0. The zero-order chi connectivity index (χ0) is 14.8. The van der Waals surface area contributed by atoms with Crippen LogP contribution in [0.2, 0.25) is 0 Å². The van der Waals surface area contributed by atoms with Crippen molar-refractivity contribution in [3.63, 3.8) is 0 Å². The number of fused-ring (bicyclic) bond motifs is 1. The number of hydrogen-bond donors (Lipinski definition) is 1. The molecule has 1 aromatic carbocycles. The molecule has 0 unspecified atom stereocenters. The van der Waals surface area contributed by atoms with Crippen LogP contribution in [0.15, 0.2) is 34.7 Å². The number of carbonyl (C=O) groups excluding carboxylic acids is 2. The summed E-state index contributed by atoms with van der Waals surface area (Å²) in [5.74, 6) is 0.622. The summed E-state index contributed by atoms with van der Waals surface area (Å²) in [6.45, 7) is 2.68. The van der Waals surface area contributed by atoms with Gasteiger partial charge in [-0.1, -0.05) is 18.2 Å². The molecular formula is C16H18N2O3. The molecule has 0 aliphatic carbocycles. The van der Waals surface area contributed by atoms with Gasteiger partial charge in [-0.25, -0.2) is 0 Å². The van der Waals surface area contributed by atoms with Gasteiger partial charge in [0.05, 0.1) is 12.6 Å². The first-order valence-corrected chi connectivity index (χ1v) is 7.19. The number of para-hydroxylation sites is 1. The maximum Gasteiger partial charge on any atom is 0.240 e. The Hall–Kier alpha value is -2.30. The van der Waals surface area contributed by atoms with E-state index in [4.69, 9.17) is 4.42 Å². The molecule has 0 spiro atoms. The lowest BCUT2D eigenvalue weighted by Crippen LogP contribution is -2.38. The van der Waals surface area contributed by atoms with E-state index >= 15 is 0 Å². The summed E-state index contributed by atoms with van der Waals surface area (Å²) >= 11 is 0. The Labute approximate surface area is 122 Å². The van der Waals surface area contributed by atoms with E-state index in [1.165, 1.54) is 0 Å². The fourth-order valence-corrected chi connectivity index (χ4v) is 2.62. The van der Waals surface area contributed by atoms with E-state index in [1.807, 2.05) is 37.3 Å². The number of rotatable bonds is 4. The summed E-state index contributed by atoms with van der Waals surface area (Å²) in [6, 6.07) is 9.45. The molecular weight excluding hydrogens is 268 g/mol. The normalized spacial score (nSPS) is 16.4. The third kappa shape index (κ3) is 2.91. The highest BCUT2D eigenvalue weighted by molar-refractivity contribution is 5.86. The lowest BCUT2D eigenvalue weighted by atomic mass is 10.2. The summed E-state index contributed by atoms with van der Waals surface area (Å²) in [7, 11) is 0. The molecule has 1 atom stereocenters. The van der Waals surface area contributed by atoms with Crippen molar-refractivity contribution >= 4 is 22.8 Å². The van der Waals surface area contributed by atoms with E-state index in [0.717, 1.165) is 23.2 Å². The number of likely N-dealkylation sites (tertiary alicyclic amines) is 1. The predicted molar refractivity (Wildman–Crippen MR) is 78.6 cm³/mol. The third-order valence-electron chi connectivity index (χ3n) is 3.75. The molecule has 1 aliphatic heterocycles. The minimum atomic E-state index is -0.220. The minimum absolute atomic E-state index is 0.0570. The van der Waals surface area contributed by atoms with Crippen LogP contribution in [0.5, 0.6) is 0 Å². The highest BCUT2D eigenvalue weighted by Gasteiger charge is 2.23. The van der Waals surface area contributed by atoms with Crippen molar-refractivity contribution < 1.29 is 14.0 Å². The molecule has 1 aromatic heterocycles. The molecule has 5 nitrogen and oxygen atoms in total. The van der Waals surface area contributed by atoms with Gasteiger partial charge in [-0.2, -0.15) is 0 Å². The van der Waals surface area contributed by atoms with Crippen LogP contribution in [0.4, 0.5) is 0 Å². The molecule has 2 amide bonds. The summed E-state index contributed by atoms with van der Waals surface area (Å²) in [5, 5.41) is 3.89. The van der Waals surface area contributed by atoms with E-state index in [2.05, 4.69) is 5.32 Å². The number of hydrogen-bond acceptors (Lipinski definition) is 3. The highest BCUT2D eigenvalue weighted by atomic mass is 16.3. The zero-order valence-corrected chi connectivity index (χ0v) is 12.0. The minimum Gasteiger partial charge on any atom is -0.459 e. The maximum absolute atomic E-state index is 12.0. The standard InChI is InChI=1S/C16H18N2O3/c1-11(14-9-12-5-2-3-6-13(12)21-14)17-15(19)10-18-8-4-7-16(18)20/h2-3,5-6,9,11H,4,7-8,10H2,1H3,(H,17,19)/t11-/m1/s1. The van der Waals surface area contributed by atoms with Crippen LogP contribution in [0, 0.1) is 0 Å². The van der Waals surface area contributed by atoms with Crippen molar-refractivity contribution in [2.45, 2.75) is 25.8 Å². The van der Waals surface area contributed by atoms with Gasteiger partial charge in [0.1, 0.15) is 11.3 Å². The second-order valence-corrected chi connectivity index (χ2v) is 5.39. The van der Waals surface area contributed by atoms with Gasteiger partial charge in [-0.15, -0.1) is 0 Å². The molecule has 0 bridgehead atoms. The molecule has 3 rings (SSSR count). The van der Waals surface area contributed by atoms with Crippen molar-refractivity contribution in [3.8, 4) is 0 Å². The summed E-state index contributed by atoms with van der Waals surface area (Å²) in [6.07, 6.45) is 1.39. The smallest absolute Gasteiger partial charge is 0.240 e. The van der Waals surface area contributed by atoms with Gasteiger partial charge >= 0.3 is 0 Å². The average Bonchev–Trinajstić information content (AvgIpc) is 3.05. The molecule has 0 radical (unpaired) electrons. The van der Waals surface area contributed by atoms with Crippen molar-refractivity contribution in [1.82, 2.24) is 10.2 Å². The van der Waals surface area contributed by atoms with Gasteiger partial charge in [0.25, 0.3) is 0 Å². The third-order valence-corrected chi connectivity index (χ3v) is 3.75. The van der Waals surface area contributed by atoms with Crippen molar-refractivity contribution in [2.24, 2.45) is 0 Å². The van der Waals surface area contributed by atoms with E-state index in [0.29, 0.717) is 13.0 Å². The Kier molecular flexibility index (Phi) is 3.64. The van der Waals surface area contributed by atoms with E-state index in [1.54, 1.807) is 4.90 Å². The molecule has 5 heteroatoms. The Bertz CT molecular complexity index is 644. The van der Waals surface area contributed by atoms with Gasteiger partial charge in [0.2, 0.25) is 11.8 Å². The van der Waals surface area contributed by atoms with E-state index in [9.17, 15) is 9.59 Å². The van der Waals surface area contributed by atoms with Crippen LogP contribution in [-0.4, -0.2) is 29.8 Å².